The molecule has 0 saturated heterocycles. The molecular weight excluding hydrogens is 234 g/mol. The Balaban J connectivity index is 2.34. The standard InChI is InChI=1S/C16H23N3/c1-4-13-11-14(5-2)19(18-13)15-9-7-12(8-10-15)16(17)6-3/h7-11,16H,4-6,17H2,1-3H3/t16-/m0/s1. The molecule has 1 aromatic carbocycles. The zero-order chi connectivity index (χ0) is 13.8. The van der Waals surface area contributed by atoms with E-state index < -0.39 is 0 Å². The third kappa shape index (κ3) is 2.87. The van der Waals surface area contributed by atoms with Crippen molar-refractivity contribution in [1.29, 1.82) is 0 Å². The van der Waals surface area contributed by atoms with Crippen LogP contribution < -0.4 is 5.73 Å². The van der Waals surface area contributed by atoms with Gasteiger partial charge in [-0.3, -0.25) is 0 Å². The summed E-state index contributed by atoms with van der Waals surface area (Å²) in [5.41, 5.74) is 10.7. The number of aryl methyl sites for hydroxylation is 2. The molecule has 3 heteroatoms. The van der Waals surface area contributed by atoms with Crippen molar-refractivity contribution in [2.24, 2.45) is 5.73 Å². The van der Waals surface area contributed by atoms with Gasteiger partial charge in [0.05, 0.1) is 11.4 Å². The molecular formula is C16H23N3. The van der Waals surface area contributed by atoms with Crippen LogP contribution in [-0.4, -0.2) is 9.78 Å². The van der Waals surface area contributed by atoms with Crippen LogP contribution in [0.3, 0.4) is 0 Å². The highest BCUT2D eigenvalue weighted by Crippen LogP contribution is 2.18. The fraction of sp³-hybridized carbons (Fsp3) is 0.438. The van der Waals surface area contributed by atoms with Gasteiger partial charge in [-0.05, 0) is 43.0 Å². The summed E-state index contributed by atoms with van der Waals surface area (Å²) in [7, 11) is 0. The van der Waals surface area contributed by atoms with E-state index in [1.807, 2.05) is 4.68 Å². The molecule has 0 spiro atoms. The Hall–Kier alpha value is -1.61. The van der Waals surface area contributed by atoms with Crippen LogP contribution in [0, 0.1) is 0 Å². The van der Waals surface area contributed by atoms with Gasteiger partial charge in [0, 0.05) is 11.7 Å². The van der Waals surface area contributed by atoms with Crippen LogP contribution in [0.25, 0.3) is 5.69 Å². The first-order valence-electron chi connectivity index (χ1n) is 7.13. The third-order valence-corrected chi connectivity index (χ3v) is 3.56. The average molecular weight is 257 g/mol. The molecule has 1 atom stereocenters. The van der Waals surface area contributed by atoms with Gasteiger partial charge in [0.25, 0.3) is 0 Å². The molecule has 3 nitrogen and oxygen atoms in total. The predicted octanol–water partition coefficient (Wildman–Crippen LogP) is 3.41. The van der Waals surface area contributed by atoms with Gasteiger partial charge in [-0.25, -0.2) is 4.68 Å². The zero-order valence-electron chi connectivity index (χ0n) is 12.1. The monoisotopic (exact) mass is 257 g/mol. The number of nitrogens with zero attached hydrogens (tertiary/aromatic N) is 2. The summed E-state index contributed by atoms with van der Waals surface area (Å²) in [5, 5.41) is 4.65. The van der Waals surface area contributed by atoms with E-state index in [9.17, 15) is 0 Å². The molecule has 102 valence electrons. The largest absolute Gasteiger partial charge is 0.324 e. The fourth-order valence-electron chi connectivity index (χ4n) is 2.22. The lowest BCUT2D eigenvalue weighted by molar-refractivity contribution is 0.697. The molecule has 19 heavy (non-hydrogen) atoms. The third-order valence-electron chi connectivity index (χ3n) is 3.56. The smallest absolute Gasteiger partial charge is 0.0649 e. The van der Waals surface area contributed by atoms with Crippen molar-refractivity contribution < 1.29 is 0 Å². The normalized spacial score (nSPS) is 12.6. The Morgan fingerprint density at radius 3 is 2.32 bits per heavy atom. The van der Waals surface area contributed by atoms with Crippen molar-refractivity contribution in [3.05, 3.63) is 47.3 Å². The van der Waals surface area contributed by atoms with Crippen LogP contribution in [0.4, 0.5) is 0 Å². The van der Waals surface area contributed by atoms with Crippen molar-refractivity contribution in [3.63, 3.8) is 0 Å². The summed E-state index contributed by atoms with van der Waals surface area (Å²) in [6.07, 6.45) is 2.92. The molecule has 1 aromatic heterocycles. The predicted molar refractivity (Wildman–Crippen MR) is 79.5 cm³/mol. The van der Waals surface area contributed by atoms with Crippen molar-refractivity contribution in [3.8, 4) is 5.69 Å². The minimum absolute atomic E-state index is 0.128. The molecule has 2 N–H and O–H groups in total. The summed E-state index contributed by atoms with van der Waals surface area (Å²) in [4.78, 5) is 0. The Bertz CT molecular complexity index is 525. The highest BCUT2D eigenvalue weighted by Gasteiger charge is 2.08. The molecule has 0 aliphatic rings. The van der Waals surface area contributed by atoms with Gasteiger partial charge in [0.1, 0.15) is 0 Å². The second-order valence-electron chi connectivity index (χ2n) is 4.85. The molecule has 0 radical (unpaired) electrons. The number of hydrogen-bond donors (Lipinski definition) is 1. The summed E-state index contributed by atoms with van der Waals surface area (Å²) in [6, 6.07) is 10.7. The van der Waals surface area contributed by atoms with Gasteiger partial charge in [-0.1, -0.05) is 32.9 Å². The SMILES string of the molecule is CCc1cc(CC)n(-c2ccc([C@@H](N)CC)cc2)n1. The molecule has 2 rings (SSSR count). The first-order chi connectivity index (χ1) is 9.19. The van der Waals surface area contributed by atoms with E-state index in [4.69, 9.17) is 5.73 Å². The second kappa shape index (κ2) is 6.02. The van der Waals surface area contributed by atoms with E-state index >= 15 is 0 Å². The maximum Gasteiger partial charge on any atom is 0.0649 e. The molecule has 0 saturated carbocycles. The number of nitrogens with two attached hydrogens (primary N) is 1. The van der Waals surface area contributed by atoms with Gasteiger partial charge in [-0.15, -0.1) is 0 Å². The van der Waals surface area contributed by atoms with E-state index in [2.05, 4.69) is 56.2 Å². The Morgan fingerprint density at radius 1 is 1.11 bits per heavy atom. The number of hydrogen-bond acceptors (Lipinski definition) is 2. The van der Waals surface area contributed by atoms with Crippen molar-refractivity contribution in [2.75, 3.05) is 0 Å². The van der Waals surface area contributed by atoms with Crippen LogP contribution in [0.1, 0.15) is 50.2 Å². The highest BCUT2D eigenvalue weighted by atomic mass is 15.3. The van der Waals surface area contributed by atoms with E-state index in [-0.39, 0.29) is 6.04 Å². The van der Waals surface area contributed by atoms with Crippen LogP contribution >= 0.6 is 0 Å². The van der Waals surface area contributed by atoms with Crippen molar-refractivity contribution >= 4 is 0 Å². The maximum atomic E-state index is 6.04. The summed E-state index contributed by atoms with van der Waals surface area (Å²) in [6.45, 7) is 6.40. The molecule has 0 fully saturated rings. The number of rotatable bonds is 5. The molecule has 1 heterocycles. The van der Waals surface area contributed by atoms with Gasteiger partial charge in [0.15, 0.2) is 0 Å². The summed E-state index contributed by atoms with van der Waals surface area (Å²) < 4.78 is 2.04. The minimum atomic E-state index is 0.128. The fourth-order valence-corrected chi connectivity index (χ4v) is 2.22. The Labute approximate surface area is 115 Å². The molecule has 2 aromatic rings. The highest BCUT2D eigenvalue weighted by molar-refractivity contribution is 5.37. The van der Waals surface area contributed by atoms with Crippen LogP contribution in [0.2, 0.25) is 0 Å². The number of aromatic nitrogens is 2. The van der Waals surface area contributed by atoms with E-state index in [1.54, 1.807) is 0 Å². The minimum Gasteiger partial charge on any atom is -0.324 e. The van der Waals surface area contributed by atoms with Gasteiger partial charge >= 0.3 is 0 Å². The van der Waals surface area contributed by atoms with E-state index in [0.717, 1.165) is 30.6 Å². The lowest BCUT2D eigenvalue weighted by Gasteiger charge is -2.11. The maximum absolute atomic E-state index is 6.04. The molecule has 0 aliphatic heterocycles. The first-order valence-corrected chi connectivity index (χ1v) is 7.13. The van der Waals surface area contributed by atoms with Crippen molar-refractivity contribution in [1.82, 2.24) is 9.78 Å². The van der Waals surface area contributed by atoms with E-state index in [1.165, 1.54) is 11.3 Å². The topological polar surface area (TPSA) is 43.8 Å². The molecule has 0 bridgehead atoms. The molecule has 0 unspecified atom stereocenters. The second-order valence-corrected chi connectivity index (χ2v) is 4.85. The Morgan fingerprint density at radius 2 is 1.79 bits per heavy atom. The van der Waals surface area contributed by atoms with Crippen LogP contribution in [-0.2, 0) is 12.8 Å². The lowest BCUT2D eigenvalue weighted by Crippen LogP contribution is -2.09. The number of benzene rings is 1. The summed E-state index contributed by atoms with van der Waals surface area (Å²) >= 11 is 0. The summed E-state index contributed by atoms with van der Waals surface area (Å²) in [5.74, 6) is 0. The van der Waals surface area contributed by atoms with Crippen LogP contribution in [0.5, 0.6) is 0 Å². The average Bonchev–Trinajstić information content (AvgIpc) is 2.90. The zero-order valence-corrected chi connectivity index (χ0v) is 12.1. The van der Waals surface area contributed by atoms with Gasteiger partial charge < -0.3 is 5.73 Å². The molecule has 0 aliphatic carbocycles. The van der Waals surface area contributed by atoms with Gasteiger partial charge in [-0.2, -0.15) is 5.10 Å². The Kier molecular flexibility index (Phi) is 4.38. The lowest BCUT2D eigenvalue weighted by atomic mass is 10.1. The molecule has 0 amide bonds. The first kappa shape index (κ1) is 13.8. The van der Waals surface area contributed by atoms with Crippen LogP contribution in [0.15, 0.2) is 30.3 Å². The van der Waals surface area contributed by atoms with E-state index in [0.29, 0.717) is 0 Å². The van der Waals surface area contributed by atoms with Gasteiger partial charge in [0.2, 0.25) is 0 Å². The quantitative estimate of drug-likeness (QED) is 0.892. The van der Waals surface area contributed by atoms with Crippen molar-refractivity contribution in [2.45, 2.75) is 46.1 Å².